The third-order valence-corrected chi connectivity index (χ3v) is 3.32. The molecule has 1 aromatic carbocycles. The Balaban J connectivity index is 1.88. The molecule has 0 aliphatic rings. The Kier molecular flexibility index (Phi) is 5.16. The smallest absolute Gasteiger partial charge is 0.224 e. The lowest BCUT2D eigenvalue weighted by Crippen LogP contribution is -2.25. The van der Waals surface area contributed by atoms with Crippen LogP contribution >= 0.6 is 0 Å². The number of halogens is 1. The van der Waals surface area contributed by atoms with E-state index in [2.05, 4.69) is 12.2 Å². The van der Waals surface area contributed by atoms with Crippen LogP contribution in [0.5, 0.6) is 0 Å². The van der Waals surface area contributed by atoms with E-state index in [1.807, 2.05) is 0 Å². The first kappa shape index (κ1) is 14.6. The van der Waals surface area contributed by atoms with E-state index in [-0.39, 0.29) is 18.1 Å². The zero-order valence-electron chi connectivity index (χ0n) is 11.7. The second-order valence-electron chi connectivity index (χ2n) is 4.99. The van der Waals surface area contributed by atoms with Crippen molar-refractivity contribution < 1.29 is 13.6 Å². The number of unbranched alkanes of at least 4 members (excludes halogenated alkanes) is 3. The minimum atomic E-state index is -0.319. The highest BCUT2D eigenvalue weighted by Crippen LogP contribution is 2.22. The largest absolute Gasteiger partial charge is 0.464 e. The molecule has 0 aliphatic carbocycles. The van der Waals surface area contributed by atoms with Crippen molar-refractivity contribution in [3.8, 4) is 0 Å². The summed E-state index contributed by atoms with van der Waals surface area (Å²) in [6.07, 6.45) is 6.27. The molecule has 20 heavy (non-hydrogen) atoms. The molecular formula is C16H20FNO2. The Morgan fingerprint density at radius 1 is 1.30 bits per heavy atom. The summed E-state index contributed by atoms with van der Waals surface area (Å²) in [7, 11) is 0. The van der Waals surface area contributed by atoms with Gasteiger partial charge in [0.15, 0.2) is 0 Å². The summed E-state index contributed by atoms with van der Waals surface area (Å²) in [5.74, 6) is -0.367. The van der Waals surface area contributed by atoms with E-state index < -0.39 is 0 Å². The van der Waals surface area contributed by atoms with Gasteiger partial charge in [0.05, 0.1) is 12.7 Å². The van der Waals surface area contributed by atoms with Crippen LogP contribution in [-0.2, 0) is 11.2 Å². The number of rotatable bonds is 7. The normalized spacial score (nSPS) is 10.9. The summed E-state index contributed by atoms with van der Waals surface area (Å²) < 4.78 is 18.5. The number of hydrogen-bond donors (Lipinski definition) is 1. The minimum absolute atomic E-state index is 0.0477. The average molecular weight is 277 g/mol. The van der Waals surface area contributed by atoms with Crippen molar-refractivity contribution in [2.24, 2.45) is 0 Å². The lowest BCUT2D eigenvalue weighted by molar-refractivity contribution is -0.120. The quantitative estimate of drug-likeness (QED) is 0.782. The molecule has 1 aromatic heterocycles. The third-order valence-electron chi connectivity index (χ3n) is 3.32. The molecule has 0 spiro atoms. The van der Waals surface area contributed by atoms with Crippen molar-refractivity contribution in [3.63, 3.8) is 0 Å². The first-order valence-electron chi connectivity index (χ1n) is 7.13. The maximum Gasteiger partial charge on any atom is 0.224 e. The van der Waals surface area contributed by atoms with Crippen molar-refractivity contribution in [1.29, 1.82) is 0 Å². The van der Waals surface area contributed by atoms with E-state index in [0.29, 0.717) is 17.5 Å². The maximum atomic E-state index is 13.2. The summed E-state index contributed by atoms with van der Waals surface area (Å²) in [5, 5.41) is 3.56. The molecule has 0 unspecified atom stereocenters. The number of carbonyl (C=O) groups is 1. The molecule has 0 fully saturated rings. The first-order valence-corrected chi connectivity index (χ1v) is 7.13. The molecule has 0 radical (unpaired) electrons. The van der Waals surface area contributed by atoms with Gasteiger partial charge in [-0.2, -0.15) is 0 Å². The van der Waals surface area contributed by atoms with Crippen LogP contribution in [-0.4, -0.2) is 12.5 Å². The Bertz CT molecular complexity index is 577. The molecule has 1 N–H and O–H groups in total. The predicted octanol–water partition coefficient (Wildman–Crippen LogP) is 3.81. The second kappa shape index (κ2) is 7.08. The molecule has 1 heterocycles. The Morgan fingerprint density at radius 3 is 2.95 bits per heavy atom. The van der Waals surface area contributed by atoms with Gasteiger partial charge >= 0.3 is 0 Å². The van der Waals surface area contributed by atoms with Crippen molar-refractivity contribution in [1.82, 2.24) is 5.32 Å². The minimum Gasteiger partial charge on any atom is -0.464 e. The Hall–Kier alpha value is -1.84. The van der Waals surface area contributed by atoms with E-state index in [1.165, 1.54) is 31.2 Å². The van der Waals surface area contributed by atoms with Gasteiger partial charge in [-0.3, -0.25) is 4.79 Å². The highest BCUT2D eigenvalue weighted by atomic mass is 19.1. The van der Waals surface area contributed by atoms with Crippen molar-refractivity contribution in [3.05, 3.63) is 35.8 Å². The third kappa shape index (κ3) is 3.83. The molecule has 0 aliphatic heterocycles. The fourth-order valence-corrected chi connectivity index (χ4v) is 2.21. The number of carbonyl (C=O) groups excluding carboxylic acids is 1. The predicted molar refractivity (Wildman–Crippen MR) is 77.0 cm³/mol. The van der Waals surface area contributed by atoms with Crippen LogP contribution in [0.25, 0.3) is 11.0 Å². The van der Waals surface area contributed by atoms with Gasteiger partial charge in [0.1, 0.15) is 11.4 Å². The fourth-order valence-electron chi connectivity index (χ4n) is 2.21. The second-order valence-corrected chi connectivity index (χ2v) is 4.99. The molecule has 4 heteroatoms. The summed E-state index contributed by atoms with van der Waals surface area (Å²) in [6.45, 7) is 2.85. The molecule has 1 amide bonds. The lowest BCUT2D eigenvalue weighted by Gasteiger charge is -2.04. The molecule has 2 rings (SSSR count). The van der Waals surface area contributed by atoms with Gasteiger partial charge in [-0.15, -0.1) is 0 Å². The van der Waals surface area contributed by atoms with E-state index in [9.17, 15) is 9.18 Å². The van der Waals surface area contributed by atoms with E-state index in [0.717, 1.165) is 18.4 Å². The van der Waals surface area contributed by atoms with Crippen LogP contribution in [0.1, 0.15) is 38.2 Å². The van der Waals surface area contributed by atoms with E-state index in [1.54, 1.807) is 6.07 Å². The highest BCUT2D eigenvalue weighted by molar-refractivity contribution is 5.87. The van der Waals surface area contributed by atoms with Gasteiger partial charge in [0, 0.05) is 17.5 Å². The molecular weight excluding hydrogens is 257 g/mol. The molecule has 2 aromatic rings. The SMILES string of the molecule is CCCCCCNC(=O)Cc1coc2ccc(F)cc12. The van der Waals surface area contributed by atoms with E-state index >= 15 is 0 Å². The van der Waals surface area contributed by atoms with Crippen molar-refractivity contribution >= 4 is 16.9 Å². The van der Waals surface area contributed by atoms with Gasteiger partial charge in [-0.05, 0) is 24.6 Å². The molecule has 108 valence electrons. The summed E-state index contributed by atoms with van der Waals surface area (Å²) in [4.78, 5) is 11.8. The molecule has 0 saturated heterocycles. The number of amides is 1. The summed E-state index contributed by atoms with van der Waals surface area (Å²) in [5.41, 5.74) is 1.34. The van der Waals surface area contributed by atoms with Crippen LogP contribution in [0, 0.1) is 5.82 Å². The molecule has 0 atom stereocenters. The van der Waals surface area contributed by atoms with Crippen LogP contribution in [0.15, 0.2) is 28.9 Å². The monoisotopic (exact) mass is 277 g/mol. The van der Waals surface area contributed by atoms with Crippen LogP contribution < -0.4 is 5.32 Å². The number of furan rings is 1. The van der Waals surface area contributed by atoms with E-state index in [4.69, 9.17) is 4.42 Å². The summed E-state index contributed by atoms with van der Waals surface area (Å²) in [6, 6.07) is 4.34. The summed E-state index contributed by atoms with van der Waals surface area (Å²) >= 11 is 0. The maximum absolute atomic E-state index is 13.2. The van der Waals surface area contributed by atoms with Gasteiger partial charge in [-0.1, -0.05) is 26.2 Å². The molecule has 0 bridgehead atoms. The number of hydrogen-bond acceptors (Lipinski definition) is 2. The standard InChI is InChI=1S/C16H20FNO2/c1-2-3-4-5-8-18-16(19)9-12-11-20-15-7-6-13(17)10-14(12)15/h6-7,10-11H,2-5,8-9H2,1H3,(H,18,19). The van der Waals surface area contributed by atoms with Gasteiger partial charge in [0.2, 0.25) is 5.91 Å². The Morgan fingerprint density at radius 2 is 2.15 bits per heavy atom. The Labute approximate surface area is 118 Å². The van der Waals surface area contributed by atoms with Gasteiger partial charge in [-0.25, -0.2) is 4.39 Å². The van der Waals surface area contributed by atoms with Crippen molar-refractivity contribution in [2.75, 3.05) is 6.54 Å². The van der Waals surface area contributed by atoms with Crippen molar-refractivity contribution in [2.45, 2.75) is 39.0 Å². The zero-order chi connectivity index (χ0) is 14.4. The number of nitrogens with one attached hydrogen (secondary N) is 1. The van der Waals surface area contributed by atoms with Crippen LogP contribution in [0.3, 0.4) is 0 Å². The van der Waals surface area contributed by atoms with Gasteiger partial charge < -0.3 is 9.73 Å². The van der Waals surface area contributed by atoms with Crippen LogP contribution in [0.2, 0.25) is 0 Å². The zero-order valence-corrected chi connectivity index (χ0v) is 11.7. The number of benzene rings is 1. The highest BCUT2D eigenvalue weighted by Gasteiger charge is 2.10. The molecule has 3 nitrogen and oxygen atoms in total. The number of fused-ring (bicyclic) bond motifs is 1. The lowest BCUT2D eigenvalue weighted by atomic mass is 10.1. The topological polar surface area (TPSA) is 42.2 Å². The first-order chi connectivity index (χ1) is 9.70. The average Bonchev–Trinajstić information content (AvgIpc) is 2.81. The van der Waals surface area contributed by atoms with Gasteiger partial charge in [0.25, 0.3) is 0 Å². The van der Waals surface area contributed by atoms with Crippen LogP contribution in [0.4, 0.5) is 4.39 Å². The fraction of sp³-hybridized carbons (Fsp3) is 0.438. The molecule has 0 saturated carbocycles.